The van der Waals surface area contributed by atoms with Crippen LogP contribution in [0.4, 0.5) is 9.18 Å². The number of benzene rings is 2. The van der Waals surface area contributed by atoms with E-state index in [1.807, 2.05) is 24.3 Å². The standard InChI is InChI=1S/C24H27FN4O3/c1-27(2)22(30)23(31)28-11-9-16(10-12-28)15-3-5-17(6-4-15)21-20-8-7-19(25)13-18(20)14-29(21)24(26)32/h3-8,13,16,21H,9-12,14H2,1-2H3,(H2,26,32). The van der Waals surface area contributed by atoms with Crippen molar-refractivity contribution >= 4 is 17.8 Å². The van der Waals surface area contributed by atoms with E-state index < -0.39 is 17.8 Å². The summed E-state index contributed by atoms with van der Waals surface area (Å²) in [6.07, 6.45) is 1.56. The Morgan fingerprint density at radius 1 is 1.00 bits per heavy atom. The van der Waals surface area contributed by atoms with E-state index in [-0.39, 0.29) is 18.4 Å². The molecule has 4 rings (SSSR count). The van der Waals surface area contributed by atoms with Crippen molar-refractivity contribution in [3.8, 4) is 0 Å². The summed E-state index contributed by atoms with van der Waals surface area (Å²) in [5, 5.41) is 0. The van der Waals surface area contributed by atoms with Gasteiger partial charge in [0.25, 0.3) is 0 Å². The van der Waals surface area contributed by atoms with Crippen molar-refractivity contribution in [2.24, 2.45) is 5.73 Å². The van der Waals surface area contributed by atoms with E-state index >= 15 is 0 Å². The second-order valence-electron chi connectivity index (χ2n) is 8.64. The van der Waals surface area contributed by atoms with Crippen LogP contribution in [0.1, 0.15) is 47.1 Å². The van der Waals surface area contributed by atoms with Crippen molar-refractivity contribution in [1.29, 1.82) is 0 Å². The Bertz CT molecular complexity index is 1050. The van der Waals surface area contributed by atoms with E-state index in [4.69, 9.17) is 5.73 Å². The number of piperidine rings is 1. The van der Waals surface area contributed by atoms with E-state index in [0.29, 0.717) is 19.0 Å². The fourth-order valence-corrected chi connectivity index (χ4v) is 4.68. The number of hydrogen-bond donors (Lipinski definition) is 1. The number of halogens is 1. The van der Waals surface area contributed by atoms with Crippen LogP contribution in [0, 0.1) is 5.82 Å². The maximum atomic E-state index is 13.7. The molecule has 7 nitrogen and oxygen atoms in total. The number of hydrogen-bond acceptors (Lipinski definition) is 3. The first-order chi connectivity index (χ1) is 15.3. The fraction of sp³-hybridized carbons (Fsp3) is 0.375. The normalized spacial score (nSPS) is 18.4. The number of nitrogens with two attached hydrogens (primary N) is 1. The van der Waals surface area contributed by atoms with Gasteiger partial charge in [-0.15, -0.1) is 0 Å². The number of likely N-dealkylation sites (N-methyl/N-ethyl adjacent to an activating group) is 1. The second kappa shape index (κ2) is 8.61. The van der Waals surface area contributed by atoms with E-state index in [2.05, 4.69) is 0 Å². The molecule has 1 atom stereocenters. The topological polar surface area (TPSA) is 87.0 Å². The maximum Gasteiger partial charge on any atom is 0.315 e. The van der Waals surface area contributed by atoms with Gasteiger partial charge in [0.05, 0.1) is 6.04 Å². The molecule has 0 bridgehead atoms. The smallest absolute Gasteiger partial charge is 0.315 e. The summed E-state index contributed by atoms with van der Waals surface area (Å²) < 4.78 is 13.7. The van der Waals surface area contributed by atoms with Gasteiger partial charge < -0.3 is 20.4 Å². The van der Waals surface area contributed by atoms with Gasteiger partial charge in [-0.25, -0.2) is 9.18 Å². The third-order valence-corrected chi connectivity index (χ3v) is 6.43. The minimum Gasteiger partial charge on any atom is -0.351 e. The molecule has 2 heterocycles. The Hall–Kier alpha value is -3.42. The zero-order chi connectivity index (χ0) is 23.0. The minimum atomic E-state index is -0.542. The van der Waals surface area contributed by atoms with E-state index in [0.717, 1.165) is 35.1 Å². The number of amides is 4. The lowest BCUT2D eigenvalue weighted by atomic mass is 9.88. The quantitative estimate of drug-likeness (QED) is 0.732. The molecule has 0 aromatic heterocycles. The number of rotatable bonds is 2. The highest BCUT2D eigenvalue weighted by molar-refractivity contribution is 6.34. The number of carbonyl (C=O) groups is 3. The summed E-state index contributed by atoms with van der Waals surface area (Å²) in [5.41, 5.74) is 9.33. The average Bonchev–Trinajstić information content (AvgIpc) is 3.17. The molecule has 1 fully saturated rings. The number of primary amides is 1. The predicted octanol–water partition coefficient (Wildman–Crippen LogP) is 2.60. The molecule has 4 amide bonds. The largest absolute Gasteiger partial charge is 0.351 e. The lowest BCUT2D eigenvalue weighted by Gasteiger charge is -2.32. The number of nitrogens with zero attached hydrogens (tertiary/aromatic N) is 3. The van der Waals surface area contributed by atoms with Gasteiger partial charge in [-0.1, -0.05) is 30.3 Å². The summed E-state index contributed by atoms with van der Waals surface area (Å²) in [5.74, 6) is -0.990. The van der Waals surface area contributed by atoms with Crippen LogP contribution in [0.25, 0.3) is 0 Å². The van der Waals surface area contributed by atoms with Gasteiger partial charge in [-0.3, -0.25) is 9.59 Å². The Balaban J connectivity index is 1.48. The third kappa shape index (κ3) is 4.04. The molecule has 2 aliphatic rings. The Morgan fingerprint density at radius 2 is 1.62 bits per heavy atom. The van der Waals surface area contributed by atoms with Crippen LogP contribution in [0.2, 0.25) is 0 Å². The average molecular weight is 439 g/mol. The SMILES string of the molecule is CN(C)C(=O)C(=O)N1CCC(c2ccc(C3c4ccc(F)cc4CN3C(N)=O)cc2)CC1. The molecule has 2 aliphatic heterocycles. The number of likely N-dealkylation sites (tertiary alicyclic amines) is 1. The van der Waals surface area contributed by atoms with E-state index in [1.54, 1.807) is 30.0 Å². The first kappa shape index (κ1) is 21.8. The van der Waals surface area contributed by atoms with Gasteiger partial charge in [-0.05, 0) is 53.1 Å². The molecule has 0 radical (unpaired) electrons. The first-order valence-electron chi connectivity index (χ1n) is 10.7. The zero-order valence-corrected chi connectivity index (χ0v) is 18.3. The van der Waals surface area contributed by atoms with E-state index in [1.165, 1.54) is 17.0 Å². The zero-order valence-electron chi connectivity index (χ0n) is 18.3. The minimum absolute atomic E-state index is 0.285. The molecule has 168 valence electrons. The molecule has 1 saturated heterocycles. The van der Waals surface area contributed by atoms with Crippen LogP contribution in [0.15, 0.2) is 42.5 Å². The van der Waals surface area contributed by atoms with Gasteiger partial charge in [0.2, 0.25) is 0 Å². The summed E-state index contributed by atoms with van der Waals surface area (Å²) in [4.78, 5) is 40.7. The molecule has 2 aromatic carbocycles. The molecule has 1 unspecified atom stereocenters. The molecular weight excluding hydrogens is 411 g/mol. The molecular formula is C24H27FN4O3. The van der Waals surface area contributed by atoms with Crippen molar-refractivity contribution in [3.05, 3.63) is 70.5 Å². The highest BCUT2D eigenvalue weighted by Crippen LogP contribution is 2.39. The number of fused-ring (bicyclic) bond motifs is 1. The van der Waals surface area contributed by atoms with Crippen molar-refractivity contribution in [3.63, 3.8) is 0 Å². The summed E-state index contributed by atoms with van der Waals surface area (Å²) in [7, 11) is 3.15. The van der Waals surface area contributed by atoms with Crippen molar-refractivity contribution in [1.82, 2.24) is 14.7 Å². The van der Waals surface area contributed by atoms with Crippen LogP contribution in [0.5, 0.6) is 0 Å². The molecule has 8 heteroatoms. The highest BCUT2D eigenvalue weighted by Gasteiger charge is 2.34. The Kier molecular flexibility index (Phi) is 5.86. The summed E-state index contributed by atoms with van der Waals surface area (Å²) >= 11 is 0. The monoisotopic (exact) mass is 438 g/mol. The van der Waals surface area contributed by atoms with Crippen molar-refractivity contribution in [2.75, 3.05) is 27.2 Å². The Morgan fingerprint density at radius 3 is 2.22 bits per heavy atom. The van der Waals surface area contributed by atoms with Gasteiger partial charge in [0.15, 0.2) is 0 Å². The predicted molar refractivity (Wildman–Crippen MR) is 117 cm³/mol. The molecule has 2 N–H and O–H groups in total. The van der Waals surface area contributed by atoms with Crippen LogP contribution < -0.4 is 5.73 Å². The van der Waals surface area contributed by atoms with Gasteiger partial charge in [0, 0.05) is 33.7 Å². The lowest BCUT2D eigenvalue weighted by Crippen LogP contribution is -2.45. The van der Waals surface area contributed by atoms with Gasteiger partial charge in [0.1, 0.15) is 5.82 Å². The van der Waals surface area contributed by atoms with Gasteiger partial charge in [-0.2, -0.15) is 0 Å². The van der Waals surface area contributed by atoms with Crippen molar-refractivity contribution in [2.45, 2.75) is 31.3 Å². The number of carbonyl (C=O) groups excluding carboxylic acids is 3. The van der Waals surface area contributed by atoms with Gasteiger partial charge >= 0.3 is 17.8 Å². The summed E-state index contributed by atoms with van der Waals surface area (Å²) in [6.45, 7) is 1.37. The number of urea groups is 1. The first-order valence-corrected chi connectivity index (χ1v) is 10.7. The van der Waals surface area contributed by atoms with E-state index in [9.17, 15) is 18.8 Å². The highest BCUT2D eigenvalue weighted by atomic mass is 19.1. The molecule has 0 spiro atoms. The molecule has 2 aromatic rings. The van der Waals surface area contributed by atoms with Crippen LogP contribution in [-0.2, 0) is 16.1 Å². The lowest BCUT2D eigenvalue weighted by molar-refractivity contribution is -0.150. The molecule has 32 heavy (non-hydrogen) atoms. The summed E-state index contributed by atoms with van der Waals surface area (Å²) in [6, 6.07) is 11.8. The molecule has 0 aliphatic carbocycles. The van der Waals surface area contributed by atoms with Crippen LogP contribution in [-0.4, -0.2) is 59.7 Å². The third-order valence-electron chi connectivity index (χ3n) is 6.43. The van der Waals surface area contributed by atoms with Crippen LogP contribution in [0.3, 0.4) is 0 Å². The van der Waals surface area contributed by atoms with Crippen molar-refractivity contribution < 1.29 is 18.8 Å². The second-order valence-corrected chi connectivity index (χ2v) is 8.64. The van der Waals surface area contributed by atoms with Crippen LogP contribution >= 0.6 is 0 Å². The molecule has 0 saturated carbocycles. The maximum absolute atomic E-state index is 13.7. The fourth-order valence-electron chi connectivity index (χ4n) is 4.68. The Labute approximate surface area is 186 Å².